The van der Waals surface area contributed by atoms with Gasteiger partial charge in [0, 0.05) is 32.0 Å². The molecular weight excluding hydrogens is 543 g/mol. The van der Waals surface area contributed by atoms with Crippen LogP contribution in [0.2, 0.25) is 0 Å². The third kappa shape index (κ3) is 4.62. The molecule has 2 aromatic rings. The number of likely N-dealkylation sites (tertiary alicyclic amines) is 1. The number of amides is 2. The SMILES string of the molecule is CCNC(=NCc1ccccc1-n1cccn1)NCCCN1C(=O)C2C3C=CC(C3)C2C1=O.I. The Kier molecular flexibility index (Phi) is 7.70. The molecule has 180 valence electrons. The molecule has 1 saturated heterocycles. The minimum atomic E-state index is -0.116. The lowest BCUT2D eigenvalue weighted by atomic mass is 9.85. The number of hydrogen-bond donors (Lipinski definition) is 2. The number of hydrogen-bond acceptors (Lipinski definition) is 4. The van der Waals surface area contributed by atoms with Gasteiger partial charge >= 0.3 is 0 Å². The molecule has 2 N–H and O–H groups in total. The first kappa shape index (κ1) is 24.4. The number of nitrogens with one attached hydrogen (secondary N) is 2. The summed E-state index contributed by atoms with van der Waals surface area (Å²) in [6.07, 6.45) is 9.60. The van der Waals surface area contributed by atoms with E-state index in [4.69, 9.17) is 4.99 Å². The van der Waals surface area contributed by atoms with Gasteiger partial charge in [-0.1, -0.05) is 30.4 Å². The van der Waals surface area contributed by atoms with Gasteiger partial charge in [0.1, 0.15) is 0 Å². The predicted molar refractivity (Wildman–Crippen MR) is 141 cm³/mol. The van der Waals surface area contributed by atoms with E-state index in [1.807, 2.05) is 48.1 Å². The summed E-state index contributed by atoms with van der Waals surface area (Å²) < 4.78 is 1.84. The fourth-order valence-corrected chi connectivity index (χ4v) is 5.41. The fraction of sp³-hybridized carbons (Fsp3) is 0.440. The molecule has 4 unspecified atom stereocenters. The second-order valence-corrected chi connectivity index (χ2v) is 8.88. The lowest BCUT2D eigenvalue weighted by molar-refractivity contribution is -0.140. The predicted octanol–water partition coefficient (Wildman–Crippen LogP) is 2.74. The standard InChI is InChI=1S/C25H30N6O2.HI/c1-2-26-25(28-16-19-7-3-4-8-20(19)31-14-6-12-29-31)27-11-5-13-30-23(32)21-17-9-10-18(15-17)22(21)24(30)33;/h3-4,6-10,12,14,17-18,21-22H,2,5,11,13,15-16H2,1H3,(H2,26,27,28);1H. The van der Waals surface area contributed by atoms with Gasteiger partial charge in [-0.3, -0.25) is 14.5 Å². The average molecular weight is 574 g/mol. The molecule has 0 radical (unpaired) electrons. The monoisotopic (exact) mass is 574 g/mol. The van der Waals surface area contributed by atoms with Crippen LogP contribution in [-0.4, -0.2) is 52.1 Å². The molecule has 4 atom stereocenters. The van der Waals surface area contributed by atoms with Crippen LogP contribution in [0.25, 0.3) is 5.69 Å². The number of nitrogens with zero attached hydrogens (tertiary/aromatic N) is 4. The number of benzene rings is 1. The molecular formula is C25H31IN6O2. The summed E-state index contributed by atoms with van der Waals surface area (Å²) in [7, 11) is 0. The highest BCUT2D eigenvalue weighted by atomic mass is 127. The van der Waals surface area contributed by atoms with Crippen molar-refractivity contribution >= 4 is 41.8 Å². The summed E-state index contributed by atoms with van der Waals surface area (Å²) in [5, 5.41) is 10.9. The quantitative estimate of drug-likeness (QED) is 0.126. The number of imide groups is 1. The summed E-state index contributed by atoms with van der Waals surface area (Å²) in [5.41, 5.74) is 2.07. The van der Waals surface area contributed by atoms with Crippen LogP contribution in [0.15, 0.2) is 59.9 Å². The van der Waals surface area contributed by atoms with Gasteiger partial charge in [-0.05, 0) is 49.3 Å². The van der Waals surface area contributed by atoms with E-state index < -0.39 is 0 Å². The summed E-state index contributed by atoms with van der Waals surface area (Å²) in [6, 6.07) is 9.96. The van der Waals surface area contributed by atoms with Crippen LogP contribution in [0.4, 0.5) is 0 Å². The molecule has 2 fully saturated rings. The molecule has 2 heterocycles. The van der Waals surface area contributed by atoms with Crippen molar-refractivity contribution in [3.8, 4) is 5.69 Å². The molecule has 5 rings (SSSR count). The first-order valence-corrected chi connectivity index (χ1v) is 11.8. The Labute approximate surface area is 216 Å². The highest BCUT2D eigenvalue weighted by Gasteiger charge is 2.58. The van der Waals surface area contributed by atoms with Crippen LogP contribution < -0.4 is 10.6 Å². The van der Waals surface area contributed by atoms with Crippen LogP contribution >= 0.6 is 24.0 Å². The van der Waals surface area contributed by atoms with Crippen LogP contribution in [0, 0.1) is 23.7 Å². The van der Waals surface area contributed by atoms with Crippen molar-refractivity contribution in [2.24, 2.45) is 28.7 Å². The number of halogens is 1. The smallest absolute Gasteiger partial charge is 0.233 e. The zero-order chi connectivity index (χ0) is 22.8. The molecule has 0 spiro atoms. The molecule has 2 bridgehead atoms. The summed E-state index contributed by atoms with van der Waals surface area (Å²) in [4.78, 5) is 31.8. The first-order chi connectivity index (χ1) is 16.2. The lowest BCUT2D eigenvalue weighted by Gasteiger charge is -2.18. The van der Waals surface area contributed by atoms with Crippen LogP contribution in [-0.2, 0) is 16.1 Å². The Bertz CT molecular complexity index is 1050. The van der Waals surface area contributed by atoms with E-state index in [2.05, 4.69) is 27.9 Å². The number of rotatable bonds is 8. The minimum Gasteiger partial charge on any atom is -0.357 e. The van der Waals surface area contributed by atoms with Gasteiger partial charge in [0.25, 0.3) is 0 Å². The Morgan fingerprint density at radius 2 is 1.82 bits per heavy atom. The molecule has 3 aliphatic rings. The van der Waals surface area contributed by atoms with Gasteiger partial charge in [0.05, 0.1) is 24.1 Å². The Balaban J connectivity index is 0.00000274. The van der Waals surface area contributed by atoms with Crippen molar-refractivity contribution in [3.63, 3.8) is 0 Å². The number of carbonyl (C=O) groups excluding carboxylic acids is 2. The molecule has 1 aliphatic heterocycles. The van der Waals surface area contributed by atoms with Gasteiger partial charge in [0.2, 0.25) is 11.8 Å². The number of fused-ring (bicyclic) bond motifs is 5. The zero-order valence-corrected chi connectivity index (χ0v) is 21.6. The van der Waals surface area contributed by atoms with E-state index in [9.17, 15) is 9.59 Å². The second-order valence-electron chi connectivity index (χ2n) is 8.88. The number of allylic oxidation sites excluding steroid dienone is 2. The van der Waals surface area contributed by atoms with Gasteiger partial charge in [-0.15, -0.1) is 24.0 Å². The molecule has 8 nitrogen and oxygen atoms in total. The van der Waals surface area contributed by atoms with Crippen LogP contribution in [0.1, 0.15) is 25.3 Å². The normalized spacial score (nSPS) is 25.0. The summed E-state index contributed by atoms with van der Waals surface area (Å²) >= 11 is 0. The molecule has 34 heavy (non-hydrogen) atoms. The number of para-hydroxylation sites is 1. The number of guanidine groups is 1. The van der Waals surface area contributed by atoms with Crippen molar-refractivity contribution in [1.82, 2.24) is 25.3 Å². The number of aromatic nitrogens is 2. The molecule has 1 aromatic heterocycles. The lowest BCUT2D eigenvalue weighted by Crippen LogP contribution is -2.40. The number of aliphatic imine (C=N–C) groups is 1. The van der Waals surface area contributed by atoms with E-state index >= 15 is 0 Å². The highest BCUT2D eigenvalue weighted by Crippen LogP contribution is 2.52. The third-order valence-electron chi connectivity index (χ3n) is 6.91. The van der Waals surface area contributed by atoms with Gasteiger partial charge in [-0.2, -0.15) is 5.10 Å². The Morgan fingerprint density at radius 3 is 2.50 bits per heavy atom. The van der Waals surface area contributed by atoms with E-state index in [-0.39, 0.29) is 59.5 Å². The van der Waals surface area contributed by atoms with E-state index in [1.54, 1.807) is 6.20 Å². The Hall–Kier alpha value is -2.69. The molecule has 9 heteroatoms. The topological polar surface area (TPSA) is 91.6 Å². The molecule has 2 amide bonds. The molecule has 1 saturated carbocycles. The minimum absolute atomic E-state index is 0. The maximum absolute atomic E-state index is 12.8. The fourth-order valence-electron chi connectivity index (χ4n) is 5.41. The van der Waals surface area contributed by atoms with Crippen molar-refractivity contribution in [2.75, 3.05) is 19.6 Å². The van der Waals surface area contributed by atoms with Gasteiger partial charge < -0.3 is 10.6 Å². The highest BCUT2D eigenvalue weighted by molar-refractivity contribution is 14.0. The molecule has 1 aromatic carbocycles. The van der Waals surface area contributed by atoms with Crippen molar-refractivity contribution in [3.05, 3.63) is 60.4 Å². The maximum Gasteiger partial charge on any atom is 0.233 e. The third-order valence-corrected chi connectivity index (χ3v) is 6.91. The average Bonchev–Trinajstić information content (AvgIpc) is 3.62. The van der Waals surface area contributed by atoms with Crippen LogP contribution in [0.5, 0.6) is 0 Å². The van der Waals surface area contributed by atoms with E-state index in [0.29, 0.717) is 32.0 Å². The Morgan fingerprint density at radius 1 is 1.09 bits per heavy atom. The van der Waals surface area contributed by atoms with Gasteiger partial charge in [0.15, 0.2) is 5.96 Å². The van der Waals surface area contributed by atoms with E-state index in [1.165, 1.54) is 4.90 Å². The maximum atomic E-state index is 12.8. The van der Waals surface area contributed by atoms with Crippen molar-refractivity contribution in [2.45, 2.75) is 26.3 Å². The number of carbonyl (C=O) groups is 2. The van der Waals surface area contributed by atoms with Crippen molar-refractivity contribution < 1.29 is 9.59 Å². The summed E-state index contributed by atoms with van der Waals surface area (Å²) in [6.45, 7) is 4.36. The second kappa shape index (κ2) is 10.7. The van der Waals surface area contributed by atoms with E-state index in [0.717, 1.165) is 24.2 Å². The zero-order valence-electron chi connectivity index (χ0n) is 19.3. The molecule has 2 aliphatic carbocycles. The van der Waals surface area contributed by atoms with Gasteiger partial charge in [-0.25, -0.2) is 9.67 Å². The largest absolute Gasteiger partial charge is 0.357 e. The first-order valence-electron chi connectivity index (χ1n) is 11.8. The summed E-state index contributed by atoms with van der Waals surface area (Å²) in [5.74, 6) is 1.05. The van der Waals surface area contributed by atoms with Crippen LogP contribution in [0.3, 0.4) is 0 Å². The van der Waals surface area contributed by atoms with Crippen molar-refractivity contribution in [1.29, 1.82) is 0 Å².